The first kappa shape index (κ1) is 17.8. The van der Waals surface area contributed by atoms with Crippen LogP contribution in [-0.2, 0) is 17.8 Å². The molecule has 0 saturated heterocycles. The first-order valence-corrected chi connectivity index (χ1v) is 9.80. The van der Waals surface area contributed by atoms with Crippen LogP contribution in [-0.4, -0.2) is 16.5 Å². The van der Waals surface area contributed by atoms with Crippen LogP contribution in [0.1, 0.15) is 43.2 Å². The normalized spacial score (nSPS) is 14.7. The second kappa shape index (κ2) is 7.95. The summed E-state index contributed by atoms with van der Waals surface area (Å²) in [5.41, 5.74) is 2.89. The molecule has 2 aromatic carbocycles. The number of carbonyl (C=O) groups is 1. The molecule has 1 aliphatic rings. The van der Waals surface area contributed by atoms with Crippen molar-refractivity contribution in [1.29, 1.82) is 0 Å². The molecule has 3 aromatic rings. The van der Waals surface area contributed by atoms with E-state index in [2.05, 4.69) is 28.2 Å². The fourth-order valence-corrected chi connectivity index (χ4v) is 4.08. The van der Waals surface area contributed by atoms with E-state index in [4.69, 9.17) is 0 Å². The van der Waals surface area contributed by atoms with Crippen LogP contribution in [0.25, 0.3) is 10.9 Å². The largest absolute Gasteiger partial charge is 0.353 e. The molecule has 0 radical (unpaired) electrons. The Kier molecular flexibility index (Phi) is 5.23. The average molecular weight is 364 g/mol. The number of aromatic nitrogens is 1. The highest BCUT2D eigenvalue weighted by atomic mass is 19.1. The van der Waals surface area contributed by atoms with E-state index in [1.165, 1.54) is 18.9 Å². The van der Waals surface area contributed by atoms with Gasteiger partial charge in [-0.3, -0.25) is 4.79 Å². The zero-order valence-electron chi connectivity index (χ0n) is 15.5. The summed E-state index contributed by atoms with van der Waals surface area (Å²) in [7, 11) is 0. The summed E-state index contributed by atoms with van der Waals surface area (Å²) in [6.07, 6.45) is 7.90. The van der Waals surface area contributed by atoms with Gasteiger partial charge < -0.3 is 9.88 Å². The van der Waals surface area contributed by atoms with Crippen molar-refractivity contribution in [3.05, 3.63) is 71.7 Å². The summed E-state index contributed by atoms with van der Waals surface area (Å²) in [5, 5.41) is 4.30. The Balaban J connectivity index is 1.51. The Labute approximate surface area is 159 Å². The van der Waals surface area contributed by atoms with Crippen LogP contribution >= 0.6 is 0 Å². The molecule has 3 nitrogen and oxygen atoms in total. The Bertz CT molecular complexity index is 940. The molecule has 140 valence electrons. The van der Waals surface area contributed by atoms with Crippen molar-refractivity contribution in [1.82, 2.24) is 9.88 Å². The van der Waals surface area contributed by atoms with Crippen LogP contribution in [0.2, 0.25) is 0 Å². The Morgan fingerprint density at radius 1 is 1.04 bits per heavy atom. The third-order valence-electron chi connectivity index (χ3n) is 5.51. The molecule has 0 bridgehead atoms. The van der Waals surface area contributed by atoms with Crippen molar-refractivity contribution < 1.29 is 9.18 Å². The summed E-state index contributed by atoms with van der Waals surface area (Å²) < 4.78 is 16.1. The number of benzene rings is 2. The van der Waals surface area contributed by atoms with Crippen molar-refractivity contribution in [2.75, 3.05) is 0 Å². The molecule has 0 spiro atoms. The van der Waals surface area contributed by atoms with E-state index in [1.54, 1.807) is 6.07 Å². The summed E-state index contributed by atoms with van der Waals surface area (Å²) >= 11 is 0. The van der Waals surface area contributed by atoms with Gasteiger partial charge in [0, 0.05) is 35.1 Å². The number of nitrogens with zero attached hydrogens (tertiary/aromatic N) is 1. The van der Waals surface area contributed by atoms with Crippen LogP contribution < -0.4 is 5.32 Å². The van der Waals surface area contributed by atoms with E-state index in [-0.39, 0.29) is 11.7 Å². The predicted molar refractivity (Wildman–Crippen MR) is 106 cm³/mol. The third kappa shape index (κ3) is 4.05. The van der Waals surface area contributed by atoms with Crippen LogP contribution in [0.5, 0.6) is 0 Å². The molecular formula is C23H25FN2O. The summed E-state index contributed by atoms with van der Waals surface area (Å²) in [6, 6.07) is 15.4. The van der Waals surface area contributed by atoms with Gasteiger partial charge in [-0.25, -0.2) is 4.39 Å². The highest BCUT2D eigenvalue weighted by molar-refractivity contribution is 5.85. The third-order valence-corrected chi connectivity index (χ3v) is 5.51. The molecule has 1 amide bonds. The fraction of sp³-hybridized carbons (Fsp3) is 0.348. The van der Waals surface area contributed by atoms with Crippen molar-refractivity contribution in [3.63, 3.8) is 0 Å². The predicted octanol–water partition coefficient (Wildman–Crippen LogP) is 4.82. The summed E-state index contributed by atoms with van der Waals surface area (Å²) in [6.45, 7) is 0.488. The highest BCUT2D eigenvalue weighted by Crippen LogP contribution is 2.24. The van der Waals surface area contributed by atoms with Crippen molar-refractivity contribution in [2.45, 2.75) is 51.1 Å². The highest BCUT2D eigenvalue weighted by Gasteiger charge is 2.17. The minimum absolute atomic E-state index is 0.132. The lowest BCUT2D eigenvalue weighted by molar-refractivity contribution is -0.121. The van der Waals surface area contributed by atoms with Gasteiger partial charge in [-0.2, -0.15) is 0 Å². The van der Waals surface area contributed by atoms with E-state index < -0.39 is 0 Å². The monoisotopic (exact) mass is 364 g/mol. The van der Waals surface area contributed by atoms with Gasteiger partial charge >= 0.3 is 0 Å². The minimum atomic E-state index is -0.187. The number of amides is 1. The number of para-hydroxylation sites is 1. The van der Waals surface area contributed by atoms with Gasteiger partial charge in [0.1, 0.15) is 5.82 Å². The Morgan fingerprint density at radius 3 is 2.59 bits per heavy atom. The lowest BCUT2D eigenvalue weighted by Gasteiger charge is -2.11. The van der Waals surface area contributed by atoms with Gasteiger partial charge in [0.2, 0.25) is 5.91 Å². The number of aryl methyl sites for hydroxylation is 1. The summed E-state index contributed by atoms with van der Waals surface area (Å²) in [4.78, 5) is 12.3. The molecule has 1 fully saturated rings. The molecule has 1 heterocycles. The SMILES string of the molecule is O=C(CCc1cn(Cc2ccccc2F)c2ccccc12)NC1CCCC1. The minimum Gasteiger partial charge on any atom is -0.353 e. The number of halogens is 1. The maximum absolute atomic E-state index is 14.1. The maximum atomic E-state index is 14.1. The molecular weight excluding hydrogens is 339 g/mol. The van der Waals surface area contributed by atoms with Crippen LogP contribution in [0.15, 0.2) is 54.7 Å². The van der Waals surface area contributed by atoms with Crippen molar-refractivity contribution in [2.24, 2.45) is 0 Å². The number of fused-ring (bicyclic) bond motifs is 1. The molecule has 0 atom stereocenters. The molecule has 1 N–H and O–H groups in total. The van der Waals surface area contributed by atoms with E-state index in [0.717, 1.165) is 29.3 Å². The standard InChI is InChI=1S/C23H25FN2O/c24-21-11-5-1-7-18(21)16-26-15-17(20-10-4-6-12-22(20)26)13-14-23(27)25-19-8-2-3-9-19/h1,4-7,10-12,15,19H,2-3,8-9,13-14,16H2,(H,25,27). The quantitative estimate of drug-likeness (QED) is 0.668. The lowest BCUT2D eigenvalue weighted by Crippen LogP contribution is -2.32. The molecule has 27 heavy (non-hydrogen) atoms. The molecule has 4 rings (SSSR count). The molecule has 4 heteroatoms. The number of hydrogen-bond donors (Lipinski definition) is 1. The molecule has 1 aromatic heterocycles. The van der Waals surface area contributed by atoms with Gasteiger partial charge in [-0.05, 0) is 37.0 Å². The average Bonchev–Trinajstić information content (AvgIpc) is 3.30. The zero-order valence-corrected chi connectivity index (χ0v) is 15.5. The number of carbonyl (C=O) groups excluding carboxylic acids is 1. The molecule has 0 unspecified atom stereocenters. The van der Waals surface area contributed by atoms with E-state index in [1.807, 2.05) is 24.3 Å². The first-order valence-electron chi connectivity index (χ1n) is 9.80. The van der Waals surface area contributed by atoms with Crippen molar-refractivity contribution in [3.8, 4) is 0 Å². The van der Waals surface area contributed by atoms with E-state index >= 15 is 0 Å². The number of nitrogens with one attached hydrogen (secondary N) is 1. The molecule has 1 aliphatic carbocycles. The first-order chi connectivity index (χ1) is 13.2. The van der Waals surface area contributed by atoms with E-state index in [0.29, 0.717) is 31.0 Å². The van der Waals surface area contributed by atoms with Gasteiger partial charge in [0.25, 0.3) is 0 Å². The smallest absolute Gasteiger partial charge is 0.220 e. The zero-order chi connectivity index (χ0) is 18.6. The maximum Gasteiger partial charge on any atom is 0.220 e. The lowest BCUT2D eigenvalue weighted by atomic mass is 10.1. The second-order valence-corrected chi connectivity index (χ2v) is 7.44. The van der Waals surface area contributed by atoms with Crippen LogP contribution in [0.3, 0.4) is 0 Å². The van der Waals surface area contributed by atoms with Gasteiger partial charge in [-0.1, -0.05) is 49.2 Å². The summed E-state index contributed by atoms with van der Waals surface area (Å²) in [5.74, 6) is -0.0550. The number of rotatable bonds is 6. The molecule has 0 aliphatic heterocycles. The van der Waals surface area contributed by atoms with Crippen molar-refractivity contribution >= 4 is 16.8 Å². The Hall–Kier alpha value is -2.62. The van der Waals surface area contributed by atoms with Gasteiger partial charge in [0.15, 0.2) is 0 Å². The van der Waals surface area contributed by atoms with Gasteiger partial charge in [-0.15, -0.1) is 0 Å². The van der Waals surface area contributed by atoms with E-state index in [9.17, 15) is 9.18 Å². The number of hydrogen-bond acceptors (Lipinski definition) is 1. The van der Waals surface area contributed by atoms with Crippen LogP contribution in [0.4, 0.5) is 4.39 Å². The Morgan fingerprint density at radius 2 is 1.78 bits per heavy atom. The topological polar surface area (TPSA) is 34.0 Å². The fourth-order valence-electron chi connectivity index (χ4n) is 4.08. The molecule has 1 saturated carbocycles. The second-order valence-electron chi connectivity index (χ2n) is 7.44. The van der Waals surface area contributed by atoms with Gasteiger partial charge in [0.05, 0.1) is 6.54 Å². The van der Waals surface area contributed by atoms with Crippen LogP contribution in [0, 0.1) is 5.82 Å².